The molecule has 3 aliphatic rings. The zero-order valence-electron chi connectivity index (χ0n) is 23.5. The predicted octanol–water partition coefficient (Wildman–Crippen LogP) is 7.28. The highest BCUT2D eigenvalue weighted by Gasteiger charge is 2.37. The SMILES string of the molecule is [C-]#[N+]C1=CCC(C(=O)Nc2ccc(C3(CCC)CCN(C(C)=O)CC3)cc2C2=CCC(CC)(CC)CC2)=N1. The maximum absolute atomic E-state index is 13.1. The Kier molecular flexibility index (Phi) is 8.55. The lowest BCUT2D eigenvalue weighted by Gasteiger charge is -2.42. The topological polar surface area (TPSA) is 66.1 Å². The number of hydrogen-bond acceptors (Lipinski definition) is 3. The molecule has 0 radical (unpaired) electrons. The summed E-state index contributed by atoms with van der Waals surface area (Å²) >= 11 is 0. The minimum absolute atomic E-state index is 0.0355. The number of likely N-dealkylation sites (tertiary alicyclic amines) is 1. The molecule has 0 atom stereocenters. The van der Waals surface area contributed by atoms with Gasteiger partial charge in [-0.2, -0.15) is 0 Å². The van der Waals surface area contributed by atoms with E-state index < -0.39 is 0 Å². The highest BCUT2D eigenvalue weighted by molar-refractivity contribution is 6.44. The largest absolute Gasteiger partial charge is 0.361 e. The molecule has 38 heavy (non-hydrogen) atoms. The zero-order valence-corrected chi connectivity index (χ0v) is 23.5. The van der Waals surface area contributed by atoms with Gasteiger partial charge in [0.15, 0.2) is 5.71 Å². The lowest BCUT2D eigenvalue weighted by Crippen LogP contribution is -2.44. The van der Waals surface area contributed by atoms with Crippen molar-refractivity contribution in [3.05, 3.63) is 58.7 Å². The van der Waals surface area contributed by atoms with Crippen LogP contribution < -0.4 is 5.32 Å². The molecule has 2 amide bonds. The van der Waals surface area contributed by atoms with Gasteiger partial charge >= 0.3 is 0 Å². The molecule has 1 N–H and O–H groups in total. The van der Waals surface area contributed by atoms with Gasteiger partial charge in [-0.05, 0) is 72.6 Å². The number of anilines is 1. The Morgan fingerprint density at radius 3 is 2.39 bits per heavy atom. The second kappa shape index (κ2) is 11.7. The molecule has 0 aromatic heterocycles. The van der Waals surface area contributed by atoms with Gasteiger partial charge in [0.05, 0.1) is 0 Å². The first-order valence-corrected chi connectivity index (χ1v) is 14.3. The van der Waals surface area contributed by atoms with Crippen molar-refractivity contribution in [1.82, 2.24) is 4.90 Å². The number of carbonyl (C=O) groups excluding carboxylic acids is 2. The second-order valence-corrected chi connectivity index (χ2v) is 11.3. The van der Waals surface area contributed by atoms with Gasteiger partial charge in [-0.25, -0.2) is 0 Å². The van der Waals surface area contributed by atoms with Crippen LogP contribution in [0.15, 0.2) is 41.2 Å². The van der Waals surface area contributed by atoms with Crippen molar-refractivity contribution in [2.45, 2.75) is 97.3 Å². The molecular weight excluding hydrogens is 472 g/mol. The summed E-state index contributed by atoms with van der Waals surface area (Å²) in [6.45, 7) is 17.3. The molecule has 1 aliphatic carbocycles. The van der Waals surface area contributed by atoms with Gasteiger partial charge in [0.2, 0.25) is 5.91 Å². The summed E-state index contributed by atoms with van der Waals surface area (Å²) in [7, 11) is 0. The number of piperidine rings is 1. The third-order valence-electron chi connectivity index (χ3n) is 9.43. The first-order chi connectivity index (χ1) is 18.3. The minimum atomic E-state index is -0.236. The van der Waals surface area contributed by atoms with Crippen LogP contribution in [-0.4, -0.2) is 35.5 Å². The normalized spacial score (nSPS) is 20.2. The summed E-state index contributed by atoms with van der Waals surface area (Å²) in [6, 6.07) is 6.58. The Balaban J connectivity index is 1.70. The minimum Gasteiger partial charge on any atom is -0.361 e. The molecule has 0 bridgehead atoms. The smallest absolute Gasteiger partial charge is 0.293 e. The van der Waals surface area contributed by atoms with Gasteiger partial charge in [-0.3, -0.25) is 9.59 Å². The molecule has 1 aromatic carbocycles. The van der Waals surface area contributed by atoms with Crippen LogP contribution in [0.25, 0.3) is 10.4 Å². The van der Waals surface area contributed by atoms with Crippen molar-refractivity contribution >= 4 is 28.8 Å². The first kappa shape index (κ1) is 27.8. The van der Waals surface area contributed by atoms with E-state index in [1.165, 1.54) is 24.0 Å². The lowest BCUT2D eigenvalue weighted by molar-refractivity contribution is -0.130. The van der Waals surface area contributed by atoms with Gasteiger partial charge in [-0.15, -0.1) is 4.99 Å². The molecule has 0 saturated carbocycles. The van der Waals surface area contributed by atoms with E-state index in [1.807, 2.05) is 4.90 Å². The van der Waals surface area contributed by atoms with E-state index in [2.05, 4.69) is 60.2 Å². The van der Waals surface area contributed by atoms with Crippen LogP contribution in [0.5, 0.6) is 0 Å². The molecule has 2 heterocycles. The summed E-state index contributed by atoms with van der Waals surface area (Å²) in [5.41, 5.74) is 5.34. The second-order valence-electron chi connectivity index (χ2n) is 11.3. The van der Waals surface area contributed by atoms with Crippen LogP contribution >= 0.6 is 0 Å². The molecular formula is C32H42N4O2. The number of nitrogens with one attached hydrogen (secondary N) is 1. The van der Waals surface area contributed by atoms with Crippen molar-refractivity contribution in [3.8, 4) is 0 Å². The fourth-order valence-electron chi connectivity index (χ4n) is 6.57. The number of benzene rings is 1. The van der Waals surface area contributed by atoms with Crippen molar-refractivity contribution in [3.63, 3.8) is 0 Å². The number of amides is 2. The molecule has 1 aromatic rings. The quantitative estimate of drug-likeness (QED) is 0.370. The number of allylic oxidation sites excluding steroid dienone is 3. The number of nitrogens with zero attached hydrogens (tertiary/aromatic N) is 3. The summed E-state index contributed by atoms with van der Waals surface area (Å²) in [6.07, 6.45) is 14.2. The summed E-state index contributed by atoms with van der Waals surface area (Å²) in [5, 5.41) is 3.14. The van der Waals surface area contributed by atoms with E-state index >= 15 is 0 Å². The van der Waals surface area contributed by atoms with Gasteiger partial charge in [0.1, 0.15) is 0 Å². The highest BCUT2D eigenvalue weighted by Crippen LogP contribution is 2.46. The Bertz CT molecular complexity index is 1200. The Hall–Kier alpha value is -3.20. The maximum Gasteiger partial charge on any atom is 0.293 e. The summed E-state index contributed by atoms with van der Waals surface area (Å²) in [5.74, 6) is 0.205. The van der Waals surface area contributed by atoms with Gasteiger partial charge in [-0.1, -0.05) is 64.8 Å². The lowest BCUT2D eigenvalue weighted by atomic mass is 9.68. The van der Waals surface area contributed by atoms with Crippen LogP contribution in [-0.2, 0) is 15.0 Å². The number of carbonyl (C=O) groups is 2. The molecule has 1 fully saturated rings. The molecule has 202 valence electrons. The fraction of sp³-hybridized carbons (Fsp3) is 0.562. The fourth-order valence-corrected chi connectivity index (χ4v) is 6.57. The summed E-state index contributed by atoms with van der Waals surface area (Å²) < 4.78 is 0. The maximum atomic E-state index is 13.1. The molecule has 4 rings (SSSR count). The van der Waals surface area contributed by atoms with Crippen molar-refractivity contribution < 1.29 is 9.59 Å². The Morgan fingerprint density at radius 1 is 1.11 bits per heavy atom. The molecule has 6 heteroatoms. The van der Waals surface area contributed by atoms with E-state index in [0.29, 0.717) is 17.5 Å². The molecule has 2 aliphatic heterocycles. The van der Waals surface area contributed by atoms with Crippen molar-refractivity contribution in [1.29, 1.82) is 0 Å². The standard InChI is InChI=1S/C32H42N4O2/c1-6-15-32(18-20-36(21-19-32)23(4)37)25-9-10-27(35-30(38)28-11-12-29(33-5)34-28)26(22-25)24-13-16-31(7-2,8-3)17-14-24/h9-10,12-13,22H,6-8,11,14-21H2,1-4H3,(H,35,38). The first-order valence-electron chi connectivity index (χ1n) is 14.3. The predicted molar refractivity (Wildman–Crippen MR) is 155 cm³/mol. The van der Waals surface area contributed by atoms with Gasteiger partial charge in [0, 0.05) is 37.7 Å². The van der Waals surface area contributed by atoms with Crippen LogP contribution in [0, 0.1) is 12.0 Å². The zero-order chi connectivity index (χ0) is 27.3. The number of hydrogen-bond donors (Lipinski definition) is 1. The highest BCUT2D eigenvalue weighted by atomic mass is 16.2. The van der Waals surface area contributed by atoms with Crippen LogP contribution in [0.3, 0.4) is 0 Å². The Labute approximate surface area is 228 Å². The van der Waals surface area contributed by atoms with E-state index in [4.69, 9.17) is 6.57 Å². The van der Waals surface area contributed by atoms with Crippen LogP contribution in [0.2, 0.25) is 0 Å². The van der Waals surface area contributed by atoms with Crippen molar-refractivity contribution in [2.75, 3.05) is 18.4 Å². The third kappa shape index (κ3) is 5.62. The van der Waals surface area contributed by atoms with E-state index in [0.717, 1.165) is 69.3 Å². The number of aliphatic imine (C=N–C) groups is 1. The third-order valence-corrected chi connectivity index (χ3v) is 9.43. The van der Waals surface area contributed by atoms with E-state index in [9.17, 15) is 9.59 Å². The average molecular weight is 515 g/mol. The van der Waals surface area contributed by atoms with Crippen LogP contribution in [0.1, 0.15) is 103 Å². The summed E-state index contributed by atoms with van der Waals surface area (Å²) in [4.78, 5) is 34.7. The van der Waals surface area contributed by atoms with Gasteiger partial charge in [0.25, 0.3) is 11.7 Å². The molecule has 6 nitrogen and oxygen atoms in total. The Morgan fingerprint density at radius 2 is 1.84 bits per heavy atom. The van der Waals surface area contributed by atoms with Gasteiger partial charge < -0.3 is 15.1 Å². The monoisotopic (exact) mass is 514 g/mol. The number of rotatable bonds is 8. The molecule has 0 unspecified atom stereocenters. The average Bonchev–Trinajstić information content (AvgIpc) is 3.43. The molecule has 0 spiro atoms. The van der Waals surface area contributed by atoms with E-state index in [1.54, 1.807) is 13.0 Å². The molecule has 1 saturated heterocycles. The van der Waals surface area contributed by atoms with Crippen molar-refractivity contribution in [2.24, 2.45) is 10.4 Å². The van der Waals surface area contributed by atoms with Crippen LogP contribution in [0.4, 0.5) is 5.69 Å². The van der Waals surface area contributed by atoms with E-state index in [-0.39, 0.29) is 23.1 Å².